The van der Waals surface area contributed by atoms with E-state index in [0.717, 1.165) is 38.0 Å². The van der Waals surface area contributed by atoms with Crippen molar-refractivity contribution in [3.63, 3.8) is 0 Å². The quantitative estimate of drug-likeness (QED) is 0.679. The van der Waals surface area contributed by atoms with Crippen molar-refractivity contribution in [3.05, 3.63) is 17.0 Å². The van der Waals surface area contributed by atoms with Crippen LogP contribution < -0.4 is 5.32 Å². The van der Waals surface area contributed by atoms with Gasteiger partial charge < -0.3 is 10.4 Å². The zero-order valence-electron chi connectivity index (χ0n) is 10.6. The number of hydrogen-bond donors (Lipinski definition) is 2. The molecule has 1 rings (SSSR count). The minimum absolute atomic E-state index is 0.272. The predicted octanol–water partition coefficient (Wildman–Crippen LogP) is 0.942. The topological polar surface area (TPSA) is 50.1 Å². The predicted molar refractivity (Wildman–Crippen MR) is 65.6 cm³/mol. The molecular weight excluding hydrogens is 202 g/mol. The summed E-state index contributed by atoms with van der Waals surface area (Å²) in [5.74, 6) is 0. The Morgan fingerprint density at radius 1 is 1.25 bits per heavy atom. The Labute approximate surface area is 97.7 Å². The van der Waals surface area contributed by atoms with Crippen LogP contribution in [0.15, 0.2) is 0 Å². The molecule has 1 heterocycles. The number of aliphatic hydroxyl groups is 1. The molecule has 0 radical (unpaired) electrons. The molecular formula is C12H23N3O. The van der Waals surface area contributed by atoms with Gasteiger partial charge in [-0.3, -0.25) is 4.68 Å². The molecule has 2 N–H and O–H groups in total. The fourth-order valence-electron chi connectivity index (χ4n) is 1.90. The van der Waals surface area contributed by atoms with E-state index < -0.39 is 0 Å². The van der Waals surface area contributed by atoms with E-state index in [1.54, 1.807) is 0 Å². The van der Waals surface area contributed by atoms with Crippen molar-refractivity contribution in [2.24, 2.45) is 7.05 Å². The van der Waals surface area contributed by atoms with Gasteiger partial charge >= 0.3 is 0 Å². The van der Waals surface area contributed by atoms with Crippen molar-refractivity contribution in [1.29, 1.82) is 0 Å². The van der Waals surface area contributed by atoms with Gasteiger partial charge in [0, 0.05) is 19.3 Å². The molecule has 0 spiro atoms. The first-order chi connectivity index (χ1) is 7.66. The number of rotatable bonds is 7. The number of aliphatic hydroxyl groups excluding tert-OH is 1. The molecule has 16 heavy (non-hydrogen) atoms. The summed E-state index contributed by atoms with van der Waals surface area (Å²) in [5, 5.41) is 16.3. The van der Waals surface area contributed by atoms with Gasteiger partial charge in [-0.05, 0) is 51.8 Å². The van der Waals surface area contributed by atoms with E-state index in [9.17, 15) is 0 Å². The van der Waals surface area contributed by atoms with Gasteiger partial charge in [0.15, 0.2) is 0 Å². The molecule has 0 saturated heterocycles. The summed E-state index contributed by atoms with van der Waals surface area (Å²) in [6, 6.07) is 0. The third-order valence-electron chi connectivity index (χ3n) is 2.95. The van der Waals surface area contributed by atoms with Crippen LogP contribution >= 0.6 is 0 Å². The highest BCUT2D eigenvalue weighted by molar-refractivity contribution is 5.24. The van der Waals surface area contributed by atoms with Crippen molar-refractivity contribution in [2.75, 3.05) is 19.7 Å². The first-order valence-electron chi connectivity index (χ1n) is 5.97. The highest BCUT2D eigenvalue weighted by Gasteiger charge is 2.07. The summed E-state index contributed by atoms with van der Waals surface area (Å²) in [6.45, 7) is 6.37. The molecule has 92 valence electrons. The van der Waals surface area contributed by atoms with E-state index in [1.807, 2.05) is 11.7 Å². The zero-order valence-corrected chi connectivity index (χ0v) is 10.6. The van der Waals surface area contributed by atoms with Gasteiger partial charge in [-0.2, -0.15) is 5.10 Å². The molecule has 1 aromatic rings. The minimum Gasteiger partial charge on any atom is -0.396 e. The first-order valence-corrected chi connectivity index (χ1v) is 5.97. The number of hydrogen-bond acceptors (Lipinski definition) is 3. The molecule has 0 saturated carbocycles. The Balaban J connectivity index is 2.26. The fraction of sp³-hybridized carbons (Fsp3) is 0.750. The summed E-state index contributed by atoms with van der Waals surface area (Å²) in [5.41, 5.74) is 3.80. The van der Waals surface area contributed by atoms with Crippen LogP contribution in [-0.2, 0) is 13.5 Å². The van der Waals surface area contributed by atoms with Crippen LogP contribution in [0.4, 0.5) is 0 Å². The van der Waals surface area contributed by atoms with E-state index >= 15 is 0 Å². The third kappa shape index (κ3) is 3.61. The third-order valence-corrected chi connectivity index (χ3v) is 2.95. The van der Waals surface area contributed by atoms with Crippen molar-refractivity contribution >= 4 is 0 Å². The summed E-state index contributed by atoms with van der Waals surface area (Å²) in [6.07, 6.45) is 3.04. The summed E-state index contributed by atoms with van der Waals surface area (Å²) in [4.78, 5) is 0. The maximum atomic E-state index is 8.63. The lowest BCUT2D eigenvalue weighted by atomic mass is 10.1. The highest BCUT2D eigenvalue weighted by Crippen LogP contribution is 2.13. The monoisotopic (exact) mass is 225 g/mol. The second kappa shape index (κ2) is 6.66. The Bertz CT molecular complexity index is 320. The molecule has 0 bridgehead atoms. The van der Waals surface area contributed by atoms with Crippen LogP contribution in [0.1, 0.15) is 29.8 Å². The lowest BCUT2D eigenvalue weighted by Crippen LogP contribution is -2.18. The van der Waals surface area contributed by atoms with E-state index in [4.69, 9.17) is 5.11 Å². The average molecular weight is 225 g/mol. The molecule has 0 aliphatic heterocycles. The molecule has 0 aliphatic carbocycles. The number of nitrogens with one attached hydrogen (secondary N) is 1. The smallest absolute Gasteiger partial charge is 0.0628 e. The molecule has 1 aromatic heterocycles. The lowest BCUT2D eigenvalue weighted by molar-refractivity contribution is 0.286. The van der Waals surface area contributed by atoms with E-state index in [0.29, 0.717) is 0 Å². The maximum absolute atomic E-state index is 8.63. The van der Waals surface area contributed by atoms with Gasteiger partial charge in [-0.25, -0.2) is 0 Å². The standard InChI is InChI=1S/C12H23N3O/c1-10-12(11(2)15(3)14-10)6-4-7-13-8-5-9-16/h13,16H,4-9H2,1-3H3. The Morgan fingerprint density at radius 2 is 1.94 bits per heavy atom. The van der Waals surface area contributed by atoms with Crippen LogP contribution in [0.25, 0.3) is 0 Å². The van der Waals surface area contributed by atoms with Crippen LogP contribution in [-0.4, -0.2) is 34.6 Å². The summed E-state index contributed by atoms with van der Waals surface area (Å²) >= 11 is 0. The van der Waals surface area contributed by atoms with Gasteiger partial charge in [0.2, 0.25) is 0 Å². The number of aromatic nitrogens is 2. The molecule has 0 amide bonds. The normalized spacial score (nSPS) is 11.0. The summed E-state index contributed by atoms with van der Waals surface area (Å²) in [7, 11) is 1.99. The largest absolute Gasteiger partial charge is 0.396 e. The van der Waals surface area contributed by atoms with E-state index in [2.05, 4.69) is 24.3 Å². The average Bonchev–Trinajstić information content (AvgIpc) is 2.49. The van der Waals surface area contributed by atoms with Gasteiger partial charge in [0.25, 0.3) is 0 Å². The number of nitrogens with zero attached hydrogens (tertiary/aromatic N) is 2. The Hall–Kier alpha value is -0.870. The molecule has 0 atom stereocenters. The van der Waals surface area contributed by atoms with Crippen molar-refractivity contribution in [2.45, 2.75) is 33.1 Å². The van der Waals surface area contributed by atoms with Crippen LogP contribution in [0.5, 0.6) is 0 Å². The molecule has 0 aromatic carbocycles. The Kier molecular flexibility index (Phi) is 5.49. The van der Waals surface area contributed by atoms with Crippen LogP contribution in [0.2, 0.25) is 0 Å². The van der Waals surface area contributed by atoms with Crippen LogP contribution in [0, 0.1) is 13.8 Å². The molecule has 0 aliphatic rings. The van der Waals surface area contributed by atoms with Gasteiger partial charge in [0.05, 0.1) is 5.69 Å². The van der Waals surface area contributed by atoms with Crippen LogP contribution in [0.3, 0.4) is 0 Å². The Morgan fingerprint density at radius 3 is 2.50 bits per heavy atom. The molecule has 4 nitrogen and oxygen atoms in total. The first kappa shape index (κ1) is 13.2. The maximum Gasteiger partial charge on any atom is 0.0628 e. The van der Waals surface area contributed by atoms with E-state index in [-0.39, 0.29) is 6.61 Å². The van der Waals surface area contributed by atoms with Crippen molar-refractivity contribution < 1.29 is 5.11 Å². The highest BCUT2D eigenvalue weighted by atomic mass is 16.3. The van der Waals surface area contributed by atoms with Crippen molar-refractivity contribution in [3.8, 4) is 0 Å². The van der Waals surface area contributed by atoms with Gasteiger partial charge in [-0.15, -0.1) is 0 Å². The van der Waals surface area contributed by atoms with Gasteiger partial charge in [0.1, 0.15) is 0 Å². The lowest BCUT2D eigenvalue weighted by Gasteiger charge is -2.04. The number of aryl methyl sites for hydroxylation is 2. The van der Waals surface area contributed by atoms with Gasteiger partial charge in [-0.1, -0.05) is 0 Å². The fourth-order valence-corrected chi connectivity index (χ4v) is 1.90. The zero-order chi connectivity index (χ0) is 12.0. The van der Waals surface area contributed by atoms with Crippen molar-refractivity contribution in [1.82, 2.24) is 15.1 Å². The molecule has 0 fully saturated rings. The van der Waals surface area contributed by atoms with E-state index in [1.165, 1.54) is 11.3 Å². The molecule has 0 unspecified atom stereocenters. The second-order valence-corrected chi connectivity index (χ2v) is 4.20. The molecule has 4 heteroatoms. The SMILES string of the molecule is Cc1nn(C)c(C)c1CCCNCCCO. The second-order valence-electron chi connectivity index (χ2n) is 4.20. The summed E-state index contributed by atoms with van der Waals surface area (Å²) < 4.78 is 1.95. The minimum atomic E-state index is 0.272.